The largest absolute Gasteiger partial charge is 0.356 e. The van der Waals surface area contributed by atoms with Crippen molar-refractivity contribution in [2.75, 3.05) is 12.3 Å². The fourth-order valence-corrected chi connectivity index (χ4v) is 1.51. The zero-order valence-electron chi connectivity index (χ0n) is 10.3. The molecule has 0 rings (SSSR count). The number of hydrogen-bond acceptors (Lipinski definition) is 3. The molecule has 0 fully saturated rings. The number of thiol groups is 1. The zero-order chi connectivity index (χ0) is 12.4. The first-order valence-electron chi connectivity index (χ1n) is 5.98. The van der Waals surface area contributed by atoms with E-state index in [0.29, 0.717) is 30.9 Å². The van der Waals surface area contributed by atoms with E-state index >= 15 is 0 Å². The van der Waals surface area contributed by atoms with E-state index in [2.05, 4.69) is 17.9 Å². The molecule has 0 aliphatic rings. The van der Waals surface area contributed by atoms with Gasteiger partial charge in [-0.15, -0.1) is 0 Å². The van der Waals surface area contributed by atoms with Crippen molar-refractivity contribution in [1.29, 1.82) is 0 Å². The summed E-state index contributed by atoms with van der Waals surface area (Å²) in [5.41, 5.74) is 0. The Morgan fingerprint density at radius 1 is 1.12 bits per heavy atom. The maximum Gasteiger partial charge on any atom is 0.220 e. The third-order valence-corrected chi connectivity index (χ3v) is 2.63. The van der Waals surface area contributed by atoms with Crippen LogP contribution in [-0.2, 0) is 9.59 Å². The third kappa shape index (κ3) is 8.77. The summed E-state index contributed by atoms with van der Waals surface area (Å²) in [4.78, 5) is 22.3. The van der Waals surface area contributed by atoms with E-state index < -0.39 is 0 Å². The Morgan fingerprint density at radius 3 is 2.38 bits per heavy atom. The second kappa shape index (κ2) is 9.70. The van der Waals surface area contributed by atoms with Crippen LogP contribution in [0, 0.1) is 5.92 Å². The summed E-state index contributed by atoms with van der Waals surface area (Å²) in [5, 5.41) is 2.82. The van der Waals surface area contributed by atoms with E-state index in [4.69, 9.17) is 0 Å². The molecule has 94 valence electrons. The van der Waals surface area contributed by atoms with E-state index in [1.165, 1.54) is 0 Å². The molecule has 0 saturated carbocycles. The number of hydrogen-bond donors (Lipinski definition) is 2. The number of carbonyl (C=O) groups excluding carboxylic acids is 2. The van der Waals surface area contributed by atoms with Crippen LogP contribution in [0.3, 0.4) is 0 Å². The quantitative estimate of drug-likeness (QED) is 0.483. The molecule has 0 aromatic rings. The maximum absolute atomic E-state index is 11.3. The lowest BCUT2D eigenvalue weighted by atomic mass is 10.0. The molecule has 0 radical (unpaired) electrons. The van der Waals surface area contributed by atoms with Gasteiger partial charge in [-0.05, 0) is 18.6 Å². The molecule has 0 aromatic heterocycles. The Kier molecular flexibility index (Phi) is 9.39. The van der Waals surface area contributed by atoms with Gasteiger partial charge in [0.25, 0.3) is 0 Å². The molecule has 1 N–H and O–H groups in total. The highest BCUT2D eigenvalue weighted by atomic mass is 32.1. The van der Waals surface area contributed by atoms with Crippen molar-refractivity contribution in [2.24, 2.45) is 5.92 Å². The Labute approximate surface area is 104 Å². The van der Waals surface area contributed by atoms with Crippen LogP contribution < -0.4 is 5.32 Å². The number of amides is 1. The van der Waals surface area contributed by atoms with Crippen molar-refractivity contribution in [3.63, 3.8) is 0 Å². The lowest BCUT2D eigenvalue weighted by Gasteiger charge is -2.05. The van der Waals surface area contributed by atoms with Crippen LogP contribution >= 0.6 is 12.6 Å². The van der Waals surface area contributed by atoms with Gasteiger partial charge in [0.15, 0.2) is 0 Å². The van der Waals surface area contributed by atoms with Crippen LogP contribution in [-0.4, -0.2) is 24.0 Å². The lowest BCUT2D eigenvalue weighted by molar-refractivity contribution is -0.122. The molecule has 0 aliphatic heterocycles. The van der Waals surface area contributed by atoms with Crippen molar-refractivity contribution in [2.45, 2.75) is 46.0 Å². The highest BCUT2D eigenvalue weighted by molar-refractivity contribution is 7.80. The average molecular weight is 245 g/mol. The fraction of sp³-hybridized carbons (Fsp3) is 0.833. The van der Waals surface area contributed by atoms with Gasteiger partial charge in [0.1, 0.15) is 5.78 Å². The molecule has 0 atom stereocenters. The van der Waals surface area contributed by atoms with Crippen molar-refractivity contribution in [3.05, 3.63) is 0 Å². The third-order valence-electron chi connectivity index (χ3n) is 2.40. The normalized spacial score (nSPS) is 10.5. The molecular formula is C12H23NO2S. The van der Waals surface area contributed by atoms with Crippen molar-refractivity contribution in [1.82, 2.24) is 5.32 Å². The van der Waals surface area contributed by atoms with E-state index in [9.17, 15) is 9.59 Å². The average Bonchev–Trinajstić information content (AvgIpc) is 2.23. The van der Waals surface area contributed by atoms with Gasteiger partial charge in [0.05, 0.1) is 0 Å². The molecular weight excluding hydrogens is 222 g/mol. The molecule has 0 unspecified atom stereocenters. The standard InChI is InChI=1S/C12H23NO2S/c1-10(2)11(14)6-4-3-5-8-13-12(15)7-9-16/h10,16H,3-9H2,1-2H3,(H,13,15). The van der Waals surface area contributed by atoms with Crippen LogP contribution in [0.4, 0.5) is 0 Å². The van der Waals surface area contributed by atoms with E-state index in [0.717, 1.165) is 19.3 Å². The number of nitrogens with one attached hydrogen (secondary N) is 1. The van der Waals surface area contributed by atoms with Crippen molar-refractivity contribution < 1.29 is 9.59 Å². The Balaban J connectivity index is 3.28. The minimum absolute atomic E-state index is 0.0632. The highest BCUT2D eigenvalue weighted by Crippen LogP contribution is 2.05. The summed E-state index contributed by atoms with van der Waals surface area (Å²) < 4.78 is 0. The molecule has 16 heavy (non-hydrogen) atoms. The predicted octanol–water partition coefficient (Wildman–Crippen LogP) is 2.21. The van der Waals surface area contributed by atoms with Gasteiger partial charge >= 0.3 is 0 Å². The molecule has 0 heterocycles. The molecule has 0 spiro atoms. The number of unbranched alkanes of at least 4 members (excludes halogenated alkanes) is 2. The van der Waals surface area contributed by atoms with Gasteiger partial charge in [-0.3, -0.25) is 9.59 Å². The number of carbonyl (C=O) groups is 2. The van der Waals surface area contributed by atoms with Gasteiger partial charge in [-0.1, -0.05) is 20.3 Å². The second-order valence-corrected chi connectivity index (χ2v) is 4.70. The molecule has 0 aromatic carbocycles. The minimum atomic E-state index is 0.0632. The van der Waals surface area contributed by atoms with Crippen LogP contribution in [0.15, 0.2) is 0 Å². The summed E-state index contributed by atoms with van der Waals surface area (Å²) >= 11 is 3.98. The van der Waals surface area contributed by atoms with E-state index in [-0.39, 0.29) is 11.8 Å². The molecule has 3 nitrogen and oxygen atoms in total. The van der Waals surface area contributed by atoms with Crippen LogP contribution in [0.5, 0.6) is 0 Å². The molecule has 0 saturated heterocycles. The molecule has 1 amide bonds. The van der Waals surface area contributed by atoms with Gasteiger partial charge in [-0.2, -0.15) is 12.6 Å². The number of Topliss-reactive ketones (excluding diaryl/α,β-unsaturated/α-hetero) is 1. The van der Waals surface area contributed by atoms with E-state index in [1.807, 2.05) is 13.8 Å². The smallest absolute Gasteiger partial charge is 0.220 e. The van der Waals surface area contributed by atoms with Gasteiger partial charge in [0, 0.05) is 25.3 Å². The lowest BCUT2D eigenvalue weighted by Crippen LogP contribution is -2.24. The van der Waals surface area contributed by atoms with Crippen molar-refractivity contribution in [3.8, 4) is 0 Å². The van der Waals surface area contributed by atoms with Crippen LogP contribution in [0.1, 0.15) is 46.0 Å². The summed E-state index contributed by atoms with van der Waals surface area (Å²) in [5.74, 6) is 1.14. The first-order chi connectivity index (χ1) is 7.57. The predicted molar refractivity (Wildman–Crippen MR) is 69.8 cm³/mol. The summed E-state index contributed by atoms with van der Waals surface area (Å²) in [6.07, 6.45) is 4.03. The topological polar surface area (TPSA) is 46.2 Å². The Morgan fingerprint density at radius 2 is 1.81 bits per heavy atom. The minimum Gasteiger partial charge on any atom is -0.356 e. The SMILES string of the molecule is CC(C)C(=O)CCCCCNC(=O)CCS. The maximum atomic E-state index is 11.3. The Hall–Kier alpha value is -0.510. The van der Waals surface area contributed by atoms with Gasteiger partial charge in [-0.25, -0.2) is 0 Å². The highest BCUT2D eigenvalue weighted by Gasteiger charge is 2.05. The monoisotopic (exact) mass is 245 g/mol. The molecule has 4 heteroatoms. The molecule has 0 bridgehead atoms. The molecule has 0 aliphatic carbocycles. The van der Waals surface area contributed by atoms with Crippen LogP contribution in [0.25, 0.3) is 0 Å². The zero-order valence-corrected chi connectivity index (χ0v) is 11.2. The first kappa shape index (κ1) is 15.5. The second-order valence-electron chi connectivity index (χ2n) is 4.26. The number of rotatable bonds is 9. The van der Waals surface area contributed by atoms with Gasteiger partial charge < -0.3 is 5.32 Å². The van der Waals surface area contributed by atoms with Gasteiger partial charge in [0.2, 0.25) is 5.91 Å². The van der Waals surface area contributed by atoms with E-state index in [1.54, 1.807) is 0 Å². The fourth-order valence-electron chi connectivity index (χ4n) is 1.31. The van der Waals surface area contributed by atoms with Crippen molar-refractivity contribution >= 4 is 24.3 Å². The number of ketones is 1. The summed E-state index contributed by atoms with van der Waals surface area (Å²) in [7, 11) is 0. The Bertz CT molecular complexity index is 217. The summed E-state index contributed by atoms with van der Waals surface area (Å²) in [6, 6.07) is 0. The van der Waals surface area contributed by atoms with Crippen LogP contribution in [0.2, 0.25) is 0 Å². The first-order valence-corrected chi connectivity index (χ1v) is 6.61. The summed E-state index contributed by atoms with van der Waals surface area (Å²) in [6.45, 7) is 4.57.